The molecular formula is C14H12ClN5O2S. The highest BCUT2D eigenvalue weighted by Crippen LogP contribution is 2.24. The summed E-state index contributed by atoms with van der Waals surface area (Å²) in [4.78, 5) is 8.04. The van der Waals surface area contributed by atoms with Crippen molar-refractivity contribution in [2.75, 3.05) is 11.6 Å². The van der Waals surface area contributed by atoms with E-state index < -0.39 is 9.84 Å². The quantitative estimate of drug-likeness (QED) is 0.778. The zero-order chi connectivity index (χ0) is 16.4. The van der Waals surface area contributed by atoms with Gasteiger partial charge < -0.3 is 5.32 Å². The van der Waals surface area contributed by atoms with Gasteiger partial charge in [-0.3, -0.25) is 0 Å². The first kappa shape index (κ1) is 15.4. The topological polar surface area (TPSA) is 89.8 Å². The van der Waals surface area contributed by atoms with Gasteiger partial charge in [-0.25, -0.2) is 23.1 Å². The van der Waals surface area contributed by atoms with Crippen molar-refractivity contribution in [1.29, 1.82) is 0 Å². The van der Waals surface area contributed by atoms with Gasteiger partial charge in [-0.05, 0) is 12.1 Å². The summed E-state index contributed by atoms with van der Waals surface area (Å²) in [5, 5.41) is 7.57. The number of benzene rings is 1. The minimum absolute atomic E-state index is 0.203. The van der Waals surface area contributed by atoms with E-state index in [1.807, 2.05) is 0 Å². The number of nitrogens with one attached hydrogen (secondary N) is 1. The predicted molar refractivity (Wildman–Crippen MR) is 87.0 cm³/mol. The Morgan fingerprint density at radius 1 is 1.22 bits per heavy atom. The number of hydrogen-bond acceptors (Lipinski definition) is 6. The van der Waals surface area contributed by atoms with Crippen LogP contribution in [0.1, 0.15) is 0 Å². The number of sulfone groups is 1. The Hall–Kier alpha value is -2.45. The zero-order valence-electron chi connectivity index (χ0n) is 12.0. The van der Waals surface area contributed by atoms with E-state index in [0.717, 1.165) is 6.26 Å². The molecule has 118 valence electrons. The van der Waals surface area contributed by atoms with Crippen molar-refractivity contribution in [1.82, 2.24) is 19.7 Å². The third-order valence-electron chi connectivity index (χ3n) is 3.02. The van der Waals surface area contributed by atoms with Crippen LogP contribution in [0, 0.1) is 0 Å². The molecular weight excluding hydrogens is 338 g/mol. The molecule has 0 amide bonds. The summed E-state index contributed by atoms with van der Waals surface area (Å²) in [6, 6.07) is 6.65. The number of para-hydroxylation sites is 1. The van der Waals surface area contributed by atoms with Gasteiger partial charge in [-0.15, -0.1) is 0 Å². The Morgan fingerprint density at radius 3 is 2.74 bits per heavy atom. The molecule has 3 aromatic rings. The molecule has 2 heterocycles. The summed E-state index contributed by atoms with van der Waals surface area (Å²) in [7, 11) is -3.36. The molecule has 1 N–H and O–H groups in total. The second-order valence-electron chi connectivity index (χ2n) is 4.76. The summed E-state index contributed by atoms with van der Waals surface area (Å²) in [6.07, 6.45) is 7.22. The molecule has 2 aromatic heterocycles. The SMILES string of the molecule is CS(=O)(=O)c1ccccc1-n1cc(Nc2ncncc2Cl)cn1. The molecule has 0 atom stereocenters. The fourth-order valence-corrected chi connectivity index (χ4v) is 3.04. The Morgan fingerprint density at radius 2 is 2.00 bits per heavy atom. The average Bonchev–Trinajstić information content (AvgIpc) is 2.97. The molecule has 23 heavy (non-hydrogen) atoms. The van der Waals surface area contributed by atoms with E-state index in [2.05, 4.69) is 20.4 Å². The monoisotopic (exact) mass is 349 g/mol. The summed E-state index contributed by atoms with van der Waals surface area (Å²) >= 11 is 5.99. The van der Waals surface area contributed by atoms with Gasteiger partial charge in [0.25, 0.3) is 0 Å². The first-order chi connectivity index (χ1) is 10.9. The van der Waals surface area contributed by atoms with Gasteiger partial charge in [-0.2, -0.15) is 5.10 Å². The Balaban J connectivity index is 1.96. The first-order valence-corrected chi connectivity index (χ1v) is 8.79. The molecule has 1 aromatic carbocycles. The van der Waals surface area contributed by atoms with E-state index in [-0.39, 0.29) is 4.90 Å². The number of anilines is 2. The van der Waals surface area contributed by atoms with Crippen LogP contribution in [0.3, 0.4) is 0 Å². The molecule has 0 saturated carbocycles. The lowest BCUT2D eigenvalue weighted by atomic mass is 10.3. The van der Waals surface area contributed by atoms with Gasteiger partial charge in [0, 0.05) is 6.26 Å². The standard InChI is InChI=1S/C14H12ClN5O2S/c1-23(21,22)13-5-3-2-4-12(13)20-8-10(6-18-20)19-14-11(15)7-16-9-17-14/h2-9H,1H3,(H,16,17,19). The van der Waals surface area contributed by atoms with Gasteiger partial charge >= 0.3 is 0 Å². The van der Waals surface area contributed by atoms with E-state index in [9.17, 15) is 8.42 Å². The second kappa shape index (κ2) is 5.98. The van der Waals surface area contributed by atoms with Crippen molar-refractivity contribution in [3.05, 3.63) is 54.2 Å². The van der Waals surface area contributed by atoms with Crippen LogP contribution < -0.4 is 5.32 Å². The molecule has 0 unspecified atom stereocenters. The first-order valence-electron chi connectivity index (χ1n) is 6.52. The second-order valence-corrected chi connectivity index (χ2v) is 7.15. The lowest BCUT2D eigenvalue weighted by Gasteiger charge is -2.07. The van der Waals surface area contributed by atoms with E-state index in [4.69, 9.17) is 11.6 Å². The van der Waals surface area contributed by atoms with Gasteiger partial charge in [-0.1, -0.05) is 23.7 Å². The third kappa shape index (κ3) is 3.33. The van der Waals surface area contributed by atoms with Crippen molar-refractivity contribution in [2.45, 2.75) is 4.90 Å². The fraction of sp³-hybridized carbons (Fsp3) is 0.0714. The van der Waals surface area contributed by atoms with Crippen molar-refractivity contribution in [2.24, 2.45) is 0 Å². The molecule has 0 aliphatic carbocycles. The smallest absolute Gasteiger partial charge is 0.177 e. The minimum Gasteiger partial charge on any atom is -0.336 e. The zero-order valence-corrected chi connectivity index (χ0v) is 13.6. The van der Waals surface area contributed by atoms with Gasteiger partial charge in [0.1, 0.15) is 11.3 Å². The summed E-state index contributed by atoms with van der Waals surface area (Å²) in [5.41, 5.74) is 1.09. The summed E-state index contributed by atoms with van der Waals surface area (Å²) < 4.78 is 25.2. The lowest BCUT2D eigenvalue weighted by Crippen LogP contribution is -2.05. The maximum atomic E-state index is 11.9. The molecule has 0 aliphatic rings. The Labute approximate surface area is 137 Å². The molecule has 7 nitrogen and oxygen atoms in total. The van der Waals surface area contributed by atoms with Crippen LogP contribution in [0.5, 0.6) is 0 Å². The Kier molecular flexibility index (Phi) is 4.01. The number of hydrogen-bond donors (Lipinski definition) is 1. The van der Waals surface area contributed by atoms with Crippen LogP contribution in [0.25, 0.3) is 5.69 Å². The number of rotatable bonds is 4. The molecule has 0 spiro atoms. The summed E-state index contributed by atoms with van der Waals surface area (Å²) in [5.74, 6) is 0.442. The maximum absolute atomic E-state index is 11.9. The lowest BCUT2D eigenvalue weighted by molar-refractivity contribution is 0.600. The Bertz CT molecular complexity index is 955. The third-order valence-corrected chi connectivity index (χ3v) is 4.45. The van der Waals surface area contributed by atoms with Crippen molar-refractivity contribution < 1.29 is 8.42 Å². The van der Waals surface area contributed by atoms with Gasteiger partial charge in [0.2, 0.25) is 0 Å². The van der Waals surface area contributed by atoms with Crippen LogP contribution in [0.2, 0.25) is 5.02 Å². The van der Waals surface area contributed by atoms with Crippen LogP contribution in [-0.4, -0.2) is 34.4 Å². The number of nitrogens with zero attached hydrogens (tertiary/aromatic N) is 4. The van der Waals surface area contributed by atoms with E-state index in [1.165, 1.54) is 17.2 Å². The van der Waals surface area contributed by atoms with E-state index >= 15 is 0 Å². The van der Waals surface area contributed by atoms with Crippen LogP contribution in [-0.2, 0) is 9.84 Å². The van der Waals surface area contributed by atoms with Gasteiger partial charge in [0.15, 0.2) is 15.7 Å². The van der Waals surface area contributed by atoms with Crippen LogP contribution >= 0.6 is 11.6 Å². The number of aromatic nitrogens is 4. The molecule has 0 saturated heterocycles. The molecule has 9 heteroatoms. The highest BCUT2D eigenvalue weighted by atomic mass is 35.5. The predicted octanol–water partition coefficient (Wildman–Crippen LogP) is 2.46. The average molecular weight is 350 g/mol. The van der Waals surface area contributed by atoms with Crippen LogP contribution in [0.4, 0.5) is 11.5 Å². The van der Waals surface area contributed by atoms with E-state index in [1.54, 1.807) is 36.7 Å². The van der Waals surface area contributed by atoms with E-state index in [0.29, 0.717) is 22.2 Å². The molecule has 0 fully saturated rings. The molecule has 0 aliphatic heterocycles. The molecule has 3 rings (SSSR count). The number of halogens is 1. The van der Waals surface area contributed by atoms with Crippen molar-refractivity contribution in [3.63, 3.8) is 0 Å². The van der Waals surface area contributed by atoms with Crippen molar-refractivity contribution >= 4 is 32.9 Å². The van der Waals surface area contributed by atoms with Crippen LogP contribution in [0.15, 0.2) is 54.1 Å². The highest BCUT2D eigenvalue weighted by Gasteiger charge is 2.15. The maximum Gasteiger partial charge on any atom is 0.177 e. The van der Waals surface area contributed by atoms with Gasteiger partial charge in [0.05, 0.1) is 34.9 Å². The molecule has 0 radical (unpaired) electrons. The largest absolute Gasteiger partial charge is 0.336 e. The highest BCUT2D eigenvalue weighted by molar-refractivity contribution is 7.90. The normalized spacial score (nSPS) is 11.4. The minimum atomic E-state index is -3.36. The molecule has 0 bridgehead atoms. The van der Waals surface area contributed by atoms with Crippen molar-refractivity contribution in [3.8, 4) is 5.69 Å². The fourth-order valence-electron chi connectivity index (χ4n) is 2.02. The summed E-state index contributed by atoms with van der Waals surface area (Å²) in [6.45, 7) is 0.